The smallest absolute Gasteiger partial charge is 0.251 e. The maximum absolute atomic E-state index is 12.1. The monoisotopic (exact) mass is 253 g/mol. The molecule has 3 nitrogen and oxygen atoms in total. The van der Waals surface area contributed by atoms with Crippen LogP contribution in [0.5, 0.6) is 0 Å². The van der Waals surface area contributed by atoms with Gasteiger partial charge >= 0.3 is 0 Å². The van der Waals surface area contributed by atoms with Crippen molar-refractivity contribution in [3.05, 3.63) is 29.3 Å². The van der Waals surface area contributed by atoms with E-state index in [0.29, 0.717) is 12.2 Å². The average Bonchev–Trinajstić information content (AvgIpc) is 2.31. The van der Waals surface area contributed by atoms with Gasteiger partial charge in [-0.3, -0.25) is 4.79 Å². The van der Waals surface area contributed by atoms with Gasteiger partial charge in [0.2, 0.25) is 0 Å². The molecule has 1 unspecified atom stereocenters. The van der Waals surface area contributed by atoms with Crippen LogP contribution < -0.4 is 5.32 Å². The summed E-state index contributed by atoms with van der Waals surface area (Å²) >= 11 is 4.25. The molecule has 1 aromatic rings. The summed E-state index contributed by atoms with van der Waals surface area (Å²) in [7, 11) is 1.63. The first-order valence-electron chi connectivity index (χ1n) is 5.67. The number of ether oxygens (including phenoxy) is 1. The Balaban J connectivity index is 2.78. The van der Waals surface area contributed by atoms with Crippen LogP contribution in [0.2, 0.25) is 0 Å². The zero-order valence-electron chi connectivity index (χ0n) is 10.5. The molecule has 1 atom stereocenters. The molecule has 1 amide bonds. The van der Waals surface area contributed by atoms with Crippen LogP contribution in [0.1, 0.15) is 29.3 Å². The number of thiol groups is 1. The van der Waals surface area contributed by atoms with E-state index in [2.05, 4.69) is 17.9 Å². The maximum Gasteiger partial charge on any atom is 0.251 e. The molecular formula is C13H19NO2S. The molecule has 0 spiro atoms. The Bertz CT molecular complexity index is 393. The lowest BCUT2D eigenvalue weighted by atomic mass is 10.1. The third kappa shape index (κ3) is 4.06. The van der Waals surface area contributed by atoms with Gasteiger partial charge in [0.15, 0.2) is 0 Å². The van der Waals surface area contributed by atoms with Crippen molar-refractivity contribution in [1.29, 1.82) is 0 Å². The number of hydrogen-bond donors (Lipinski definition) is 2. The predicted octanol–water partition coefficient (Wildman–Crippen LogP) is 2.44. The van der Waals surface area contributed by atoms with Crippen LogP contribution in [0, 0.1) is 6.92 Å². The summed E-state index contributed by atoms with van der Waals surface area (Å²) in [6.07, 6.45) is 0.846. The van der Waals surface area contributed by atoms with Crippen LogP contribution in [-0.4, -0.2) is 25.7 Å². The number of nitrogens with one attached hydrogen (secondary N) is 1. The molecule has 0 saturated carbocycles. The Labute approximate surface area is 108 Å². The minimum atomic E-state index is -0.0673. The van der Waals surface area contributed by atoms with Crippen LogP contribution in [0.4, 0.5) is 0 Å². The number of carbonyl (C=O) groups excluding carboxylic acids is 1. The average molecular weight is 253 g/mol. The third-order valence-corrected chi connectivity index (χ3v) is 2.94. The van der Waals surface area contributed by atoms with E-state index in [1.165, 1.54) is 0 Å². The number of carbonyl (C=O) groups is 1. The molecule has 0 aliphatic carbocycles. The molecule has 0 aliphatic heterocycles. The predicted molar refractivity (Wildman–Crippen MR) is 71.9 cm³/mol. The molecule has 0 radical (unpaired) electrons. The standard InChI is InChI=1S/C13H19NO2S/c1-4-10(8-16-3)14-13(15)12-7-11(17)6-5-9(12)2/h5-7,10,17H,4,8H2,1-3H3,(H,14,15). The first-order valence-corrected chi connectivity index (χ1v) is 6.12. The van der Waals surface area contributed by atoms with E-state index in [4.69, 9.17) is 4.74 Å². The number of rotatable bonds is 5. The minimum absolute atomic E-state index is 0.0514. The lowest BCUT2D eigenvalue weighted by Gasteiger charge is -2.16. The molecule has 4 heteroatoms. The van der Waals surface area contributed by atoms with Crippen LogP contribution in [-0.2, 0) is 4.74 Å². The number of methoxy groups -OCH3 is 1. The van der Waals surface area contributed by atoms with E-state index in [1.54, 1.807) is 13.2 Å². The quantitative estimate of drug-likeness (QED) is 0.791. The van der Waals surface area contributed by atoms with Crippen molar-refractivity contribution in [3.63, 3.8) is 0 Å². The molecule has 94 valence electrons. The number of aryl methyl sites for hydroxylation is 1. The van der Waals surface area contributed by atoms with Gasteiger partial charge in [0.25, 0.3) is 5.91 Å². The van der Waals surface area contributed by atoms with Crippen LogP contribution in [0.15, 0.2) is 23.1 Å². The molecule has 0 heterocycles. The number of amides is 1. The van der Waals surface area contributed by atoms with E-state index in [0.717, 1.165) is 16.9 Å². The summed E-state index contributed by atoms with van der Waals surface area (Å²) in [5.41, 5.74) is 1.62. The molecular weight excluding hydrogens is 234 g/mol. The van der Waals surface area contributed by atoms with Gasteiger partial charge in [0, 0.05) is 17.6 Å². The molecule has 0 fully saturated rings. The van der Waals surface area contributed by atoms with E-state index in [-0.39, 0.29) is 11.9 Å². The first kappa shape index (κ1) is 14.1. The van der Waals surface area contributed by atoms with Gasteiger partial charge in [0.05, 0.1) is 12.6 Å². The SMILES string of the molecule is CCC(COC)NC(=O)c1cc(S)ccc1C. The Morgan fingerprint density at radius 2 is 2.24 bits per heavy atom. The summed E-state index contributed by atoms with van der Waals surface area (Å²) in [5, 5.41) is 2.95. The van der Waals surface area contributed by atoms with E-state index < -0.39 is 0 Å². The van der Waals surface area contributed by atoms with E-state index in [9.17, 15) is 4.79 Å². The van der Waals surface area contributed by atoms with Crippen molar-refractivity contribution in [2.75, 3.05) is 13.7 Å². The summed E-state index contributed by atoms with van der Waals surface area (Å²) in [6, 6.07) is 5.61. The number of benzene rings is 1. The Morgan fingerprint density at radius 1 is 1.53 bits per heavy atom. The van der Waals surface area contributed by atoms with Crippen LogP contribution in [0.25, 0.3) is 0 Å². The van der Waals surface area contributed by atoms with Crippen molar-refractivity contribution in [2.24, 2.45) is 0 Å². The molecule has 1 rings (SSSR count). The fraction of sp³-hybridized carbons (Fsp3) is 0.462. The highest BCUT2D eigenvalue weighted by Gasteiger charge is 2.13. The maximum atomic E-state index is 12.1. The second-order valence-corrected chi connectivity index (χ2v) is 4.55. The fourth-order valence-corrected chi connectivity index (χ4v) is 1.78. The van der Waals surface area contributed by atoms with E-state index in [1.807, 2.05) is 26.0 Å². The van der Waals surface area contributed by atoms with Gasteiger partial charge in [-0.25, -0.2) is 0 Å². The summed E-state index contributed by atoms with van der Waals surface area (Å²) < 4.78 is 5.06. The Kier molecular flexibility index (Phi) is 5.51. The normalized spacial score (nSPS) is 12.2. The van der Waals surface area contributed by atoms with Crippen molar-refractivity contribution in [2.45, 2.75) is 31.2 Å². The van der Waals surface area contributed by atoms with Crippen LogP contribution in [0.3, 0.4) is 0 Å². The lowest BCUT2D eigenvalue weighted by molar-refractivity contribution is 0.0894. The largest absolute Gasteiger partial charge is 0.383 e. The molecule has 0 bridgehead atoms. The lowest BCUT2D eigenvalue weighted by Crippen LogP contribution is -2.37. The van der Waals surface area contributed by atoms with Gasteiger partial charge < -0.3 is 10.1 Å². The van der Waals surface area contributed by atoms with Crippen molar-refractivity contribution in [3.8, 4) is 0 Å². The van der Waals surface area contributed by atoms with Gasteiger partial charge in [-0.1, -0.05) is 13.0 Å². The Morgan fingerprint density at radius 3 is 2.82 bits per heavy atom. The van der Waals surface area contributed by atoms with Crippen molar-refractivity contribution < 1.29 is 9.53 Å². The zero-order valence-corrected chi connectivity index (χ0v) is 11.4. The van der Waals surface area contributed by atoms with Gasteiger partial charge in [-0.2, -0.15) is 0 Å². The number of hydrogen-bond acceptors (Lipinski definition) is 3. The highest BCUT2D eigenvalue weighted by atomic mass is 32.1. The molecule has 0 saturated heterocycles. The van der Waals surface area contributed by atoms with Crippen LogP contribution >= 0.6 is 12.6 Å². The van der Waals surface area contributed by atoms with Gasteiger partial charge in [-0.05, 0) is 31.0 Å². The summed E-state index contributed by atoms with van der Waals surface area (Å²) in [6.45, 7) is 4.47. The first-order chi connectivity index (χ1) is 8.08. The minimum Gasteiger partial charge on any atom is -0.383 e. The Hall–Kier alpha value is -1.00. The van der Waals surface area contributed by atoms with E-state index >= 15 is 0 Å². The molecule has 0 aliphatic rings. The molecule has 0 aromatic heterocycles. The molecule has 17 heavy (non-hydrogen) atoms. The van der Waals surface area contributed by atoms with Crippen molar-refractivity contribution >= 4 is 18.5 Å². The second-order valence-electron chi connectivity index (χ2n) is 4.03. The van der Waals surface area contributed by atoms with Gasteiger partial charge in [0.1, 0.15) is 0 Å². The fourth-order valence-electron chi connectivity index (χ4n) is 1.58. The van der Waals surface area contributed by atoms with Gasteiger partial charge in [-0.15, -0.1) is 12.6 Å². The highest BCUT2D eigenvalue weighted by Crippen LogP contribution is 2.14. The topological polar surface area (TPSA) is 38.3 Å². The second kappa shape index (κ2) is 6.67. The third-order valence-electron chi connectivity index (χ3n) is 2.66. The zero-order chi connectivity index (χ0) is 12.8. The van der Waals surface area contributed by atoms with Crippen molar-refractivity contribution in [1.82, 2.24) is 5.32 Å². The highest BCUT2D eigenvalue weighted by molar-refractivity contribution is 7.80. The summed E-state index contributed by atoms with van der Waals surface area (Å²) in [5.74, 6) is -0.0673. The molecule has 1 aromatic carbocycles. The summed E-state index contributed by atoms with van der Waals surface area (Å²) in [4.78, 5) is 12.9. The molecule has 1 N–H and O–H groups in total.